The van der Waals surface area contributed by atoms with Crippen LogP contribution in [-0.4, -0.2) is 41.8 Å². The second-order valence-electron chi connectivity index (χ2n) is 9.49. The molecule has 1 fully saturated rings. The van der Waals surface area contributed by atoms with Crippen LogP contribution in [0.3, 0.4) is 0 Å². The molecule has 1 saturated carbocycles. The molecule has 0 heterocycles. The van der Waals surface area contributed by atoms with Gasteiger partial charge in [0.05, 0.1) is 11.5 Å². The number of nitrogens with one attached hydrogen (secondary N) is 2. The maximum atomic E-state index is 12.8. The molecule has 1 atom stereocenters. The van der Waals surface area contributed by atoms with E-state index >= 15 is 0 Å². The summed E-state index contributed by atoms with van der Waals surface area (Å²) >= 11 is 0. The van der Waals surface area contributed by atoms with E-state index in [9.17, 15) is 14.4 Å². The fourth-order valence-corrected chi connectivity index (χ4v) is 5.17. The van der Waals surface area contributed by atoms with Crippen LogP contribution in [0.1, 0.15) is 62.5 Å². The zero-order valence-electron chi connectivity index (χ0n) is 19.5. The zero-order valence-corrected chi connectivity index (χ0v) is 19.5. The van der Waals surface area contributed by atoms with Crippen LogP contribution in [0.2, 0.25) is 0 Å². The van der Waals surface area contributed by atoms with Crippen molar-refractivity contribution in [2.24, 2.45) is 5.92 Å². The summed E-state index contributed by atoms with van der Waals surface area (Å²) in [5.74, 6) is -1.59. The molecule has 2 aromatic carbocycles. The van der Waals surface area contributed by atoms with Crippen LogP contribution in [0.25, 0.3) is 11.1 Å². The van der Waals surface area contributed by atoms with Crippen LogP contribution in [0, 0.1) is 5.92 Å². The Morgan fingerprint density at radius 2 is 1.62 bits per heavy atom. The summed E-state index contributed by atoms with van der Waals surface area (Å²) in [7, 11) is 0. The summed E-state index contributed by atoms with van der Waals surface area (Å²) in [4.78, 5) is 36.3. The topological polar surface area (TPSA) is 105 Å². The molecule has 0 saturated heterocycles. The normalized spacial score (nSPS) is 16.9. The number of fused-ring (bicyclic) bond motifs is 3. The maximum Gasteiger partial charge on any atom is 0.407 e. The van der Waals surface area contributed by atoms with Gasteiger partial charge in [-0.25, -0.2) is 4.79 Å². The van der Waals surface area contributed by atoms with Crippen LogP contribution in [0.15, 0.2) is 48.5 Å². The lowest BCUT2D eigenvalue weighted by atomic mass is 9.93. The Labute approximate surface area is 199 Å². The molecule has 2 amide bonds. The lowest BCUT2D eigenvalue weighted by molar-refractivity contribution is -0.141. The maximum absolute atomic E-state index is 12.8. The molecule has 7 nitrogen and oxygen atoms in total. The number of carboxylic acid groups (broad SMARTS) is 1. The third-order valence-electron chi connectivity index (χ3n) is 7.09. The van der Waals surface area contributed by atoms with Gasteiger partial charge in [0.2, 0.25) is 5.91 Å². The average molecular weight is 465 g/mol. The highest BCUT2D eigenvalue weighted by atomic mass is 16.5. The smallest absolute Gasteiger partial charge is 0.407 e. The van der Waals surface area contributed by atoms with Gasteiger partial charge < -0.3 is 20.5 Å². The zero-order chi connectivity index (χ0) is 24.1. The van der Waals surface area contributed by atoms with Gasteiger partial charge in [-0.3, -0.25) is 9.59 Å². The summed E-state index contributed by atoms with van der Waals surface area (Å²) in [6, 6.07) is 16.4. The van der Waals surface area contributed by atoms with Crippen LogP contribution < -0.4 is 10.6 Å². The fourth-order valence-electron chi connectivity index (χ4n) is 5.17. The van der Waals surface area contributed by atoms with Crippen molar-refractivity contribution in [1.82, 2.24) is 10.6 Å². The van der Waals surface area contributed by atoms with E-state index in [1.54, 1.807) is 6.92 Å². The fraction of sp³-hybridized carbons (Fsp3) is 0.444. The minimum atomic E-state index is -0.876. The molecular formula is C27H32N2O5. The summed E-state index contributed by atoms with van der Waals surface area (Å²) in [6.07, 6.45) is 3.34. The van der Waals surface area contributed by atoms with Crippen molar-refractivity contribution in [2.45, 2.75) is 56.9 Å². The van der Waals surface area contributed by atoms with Gasteiger partial charge in [0.25, 0.3) is 0 Å². The highest BCUT2D eigenvalue weighted by Gasteiger charge is 2.38. The molecule has 4 rings (SSSR count). The van der Waals surface area contributed by atoms with Crippen LogP contribution >= 0.6 is 0 Å². The minimum Gasteiger partial charge on any atom is -0.481 e. The van der Waals surface area contributed by atoms with Crippen LogP contribution in [0.5, 0.6) is 0 Å². The van der Waals surface area contributed by atoms with Crippen molar-refractivity contribution in [3.05, 3.63) is 59.7 Å². The van der Waals surface area contributed by atoms with Crippen LogP contribution in [-0.2, 0) is 14.3 Å². The molecule has 34 heavy (non-hydrogen) atoms. The highest BCUT2D eigenvalue weighted by molar-refractivity contribution is 5.80. The number of rotatable bonds is 9. The van der Waals surface area contributed by atoms with Gasteiger partial charge in [-0.1, -0.05) is 68.3 Å². The number of hydrogen-bond acceptors (Lipinski definition) is 4. The largest absolute Gasteiger partial charge is 0.481 e. The van der Waals surface area contributed by atoms with Crippen molar-refractivity contribution in [1.29, 1.82) is 0 Å². The van der Waals surface area contributed by atoms with E-state index in [-0.39, 0.29) is 24.9 Å². The second kappa shape index (κ2) is 10.3. The van der Waals surface area contributed by atoms with E-state index in [0.717, 1.165) is 36.8 Å². The Hall–Kier alpha value is -3.35. The number of carbonyl (C=O) groups excluding carboxylic acids is 2. The Kier molecular flexibility index (Phi) is 7.20. The molecule has 180 valence electrons. The summed E-state index contributed by atoms with van der Waals surface area (Å²) < 4.78 is 5.70. The summed E-state index contributed by atoms with van der Waals surface area (Å²) in [5.41, 5.74) is 4.04. The van der Waals surface area contributed by atoms with Crippen molar-refractivity contribution < 1.29 is 24.2 Å². The highest BCUT2D eigenvalue weighted by Crippen LogP contribution is 2.44. The molecule has 2 aliphatic rings. The third-order valence-corrected chi connectivity index (χ3v) is 7.09. The number of carbonyl (C=O) groups is 3. The van der Waals surface area contributed by atoms with E-state index in [1.165, 1.54) is 11.1 Å². The molecule has 0 spiro atoms. The van der Waals surface area contributed by atoms with Crippen molar-refractivity contribution in [3.8, 4) is 11.1 Å². The predicted octanol–water partition coefficient (Wildman–Crippen LogP) is 4.46. The first-order chi connectivity index (χ1) is 16.4. The second-order valence-corrected chi connectivity index (χ2v) is 9.49. The summed E-state index contributed by atoms with van der Waals surface area (Å²) in [5, 5.41) is 14.8. The van der Waals surface area contributed by atoms with Gasteiger partial charge in [0, 0.05) is 18.9 Å². The van der Waals surface area contributed by atoms with Gasteiger partial charge in [-0.05, 0) is 41.5 Å². The van der Waals surface area contributed by atoms with Crippen molar-refractivity contribution in [3.63, 3.8) is 0 Å². The Morgan fingerprint density at radius 1 is 1.03 bits per heavy atom. The number of hydrogen-bond donors (Lipinski definition) is 3. The lowest BCUT2D eigenvalue weighted by Gasteiger charge is -2.29. The van der Waals surface area contributed by atoms with E-state index < -0.39 is 23.5 Å². The van der Waals surface area contributed by atoms with E-state index in [0.29, 0.717) is 13.0 Å². The quantitative estimate of drug-likeness (QED) is 0.508. The molecule has 0 aromatic heterocycles. The molecule has 1 unspecified atom stereocenters. The first-order valence-corrected chi connectivity index (χ1v) is 12.0. The summed E-state index contributed by atoms with van der Waals surface area (Å²) in [6.45, 7) is 2.15. The molecule has 2 aromatic rings. The predicted molar refractivity (Wildman–Crippen MR) is 128 cm³/mol. The van der Waals surface area contributed by atoms with E-state index in [4.69, 9.17) is 9.84 Å². The number of amides is 2. The number of ether oxygens (including phenoxy) is 1. The first-order valence-electron chi connectivity index (χ1n) is 12.0. The van der Waals surface area contributed by atoms with Crippen LogP contribution in [0.4, 0.5) is 4.79 Å². The first kappa shape index (κ1) is 23.8. The van der Waals surface area contributed by atoms with Gasteiger partial charge in [-0.2, -0.15) is 0 Å². The Bertz CT molecular complexity index is 1010. The molecule has 7 heteroatoms. The van der Waals surface area contributed by atoms with Crippen molar-refractivity contribution >= 4 is 18.0 Å². The lowest BCUT2D eigenvalue weighted by Crippen LogP contribution is -2.50. The van der Waals surface area contributed by atoms with Gasteiger partial charge in [0.15, 0.2) is 0 Å². The number of alkyl carbamates (subject to hydrolysis) is 1. The van der Waals surface area contributed by atoms with Crippen molar-refractivity contribution in [2.75, 3.05) is 13.2 Å². The van der Waals surface area contributed by atoms with E-state index in [2.05, 4.69) is 34.9 Å². The Morgan fingerprint density at radius 3 is 2.21 bits per heavy atom. The minimum absolute atomic E-state index is 0.0165. The number of benzene rings is 2. The molecule has 2 aliphatic carbocycles. The van der Waals surface area contributed by atoms with Gasteiger partial charge in [-0.15, -0.1) is 0 Å². The van der Waals surface area contributed by atoms with Gasteiger partial charge in [0.1, 0.15) is 6.61 Å². The molecule has 3 N–H and O–H groups in total. The standard InChI is InChI=1S/C27H32N2O5/c1-18(25(31)32)12-15-28-24(30)16-27(13-6-7-14-27)29-26(33)34-17-23-21-10-4-2-8-19(21)20-9-3-5-11-22(20)23/h2-5,8-11,18,23H,6-7,12-17H2,1H3,(H,28,30)(H,29,33)(H,31,32). The third kappa shape index (κ3) is 5.24. The SMILES string of the molecule is CC(CCNC(=O)CC1(NC(=O)OCC2c3ccccc3-c3ccccc32)CCCC1)C(=O)O. The van der Waals surface area contributed by atoms with Gasteiger partial charge >= 0.3 is 12.1 Å². The molecular weight excluding hydrogens is 432 g/mol. The monoisotopic (exact) mass is 464 g/mol. The molecule has 0 radical (unpaired) electrons. The Balaban J connectivity index is 1.34. The van der Waals surface area contributed by atoms with E-state index in [1.807, 2.05) is 24.3 Å². The molecule has 0 bridgehead atoms. The average Bonchev–Trinajstić information content (AvgIpc) is 3.40. The number of carboxylic acids is 1. The molecule has 0 aliphatic heterocycles. The number of aliphatic carboxylic acids is 1.